The number of allylic oxidation sites excluding steroid dienone is 1. The van der Waals surface area contributed by atoms with Gasteiger partial charge >= 0.3 is 0 Å². The second-order valence-electron chi connectivity index (χ2n) is 7.34. The van der Waals surface area contributed by atoms with Crippen molar-refractivity contribution < 1.29 is 14.3 Å². The van der Waals surface area contributed by atoms with E-state index in [1.165, 1.54) is 4.88 Å². The van der Waals surface area contributed by atoms with Crippen LogP contribution in [0.2, 0.25) is 0 Å². The van der Waals surface area contributed by atoms with Gasteiger partial charge in [0, 0.05) is 10.4 Å². The van der Waals surface area contributed by atoms with Crippen LogP contribution in [0.25, 0.3) is 6.08 Å². The van der Waals surface area contributed by atoms with Crippen LogP contribution in [0, 0.1) is 13.8 Å². The summed E-state index contributed by atoms with van der Waals surface area (Å²) in [6.07, 6.45) is 5.59. The molecule has 0 bridgehead atoms. The van der Waals surface area contributed by atoms with Crippen LogP contribution in [0.1, 0.15) is 50.1 Å². The molecule has 156 valence electrons. The standard InChI is InChI=1S/C26H28O3S/c1-5-6-22-11-14-26(30-22)23(27)12-9-20-10-13-24(28-4)21(16-20)17-29-25-15-18(2)7-8-19(25)3/h7-16H,5-6,17H2,1-4H3/b12-9+. The zero-order valence-electron chi connectivity index (χ0n) is 18.0. The number of methoxy groups -OCH3 is 1. The fourth-order valence-electron chi connectivity index (χ4n) is 3.18. The molecule has 0 saturated carbocycles. The maximum Gasteiger partial charge on any atom is 0.195 e. The number of rotatable bonds is 9. The number of carbonyl (C=O) groups is 1. The van der Waals surface area contributed by atoms with Crippen LogP contribution < -0.4 is 9.47 Å². The van der Waals surface area contributed by atoms with Gasteiger partial charge in [-0.1, -0.05) is 37.6 Å². The molecule has 0 aliphatic heterocycles. The van der Waals surface area contributed by atoms with E-state index in [4.69, 9.17) is 9.47 Å². The van der Waals surface area contributed by atoms with Gasteiger partial charge in [-0.05, 0) is 73.4 Å². The van der Waals surface area contributed by atoms with E-state index in [0.717, 1.165) is 51.5 Å². The van der Waals surface area contributed by atoms with Gasteiger partial charge in [0.1, 0.15) is 18.1 Å². The fourth-order valence-corrected chi connectivity index (χ4v) is 4.21. The minimum Gasteiger partial charge on any atom is -0.496 e. The molecule has 0 aliphatic carbocycles. The van der Waals surface area contributed by atoms with E-state index in [2.05, 4.69) is 19.1 Å². The van der Waals surface area contributed by atoms with Gasteiger partial charge in [-0.25, -0.2) is 0 Å². The molecular formula is C26H28O3S. The van der Waals surface area contributed by atoms with Gasteiger partial charge in [-0.3, -0.25) is 4.79 Å². The average molecular weight is 421 g/mol. The number of hydrogen-bond donors (Lipinski definition) is 0. The molecule has 30 heavy (non-hydrogen) atoms. The number of ether oxygens (including phenoxy) is 2. The first kappa shape index (κ1) is 21.8. The van der Waals surface area contributed by atoms with E-state index in [1.807, 2.05) is 56.3 Å². The highest BCUT2D eigenvalue weighted by atomic mass is 32.1. The molecule has 3 rings (SSSR count). The Balaban J connectivity index is 1.73. The Hall–Kier alpha value is -2.85. The molecule has 0 fully saturated rings. The minimum atomic E-state index is 0.0337. The highest BCUT2D eigenvalue weighted by Gasteiger charge is 2.09. The van der Waals surface area contributed by atoms with Gasteiger partial charge in [0.25, 0.3) is 0 Å². The fraction of sp³-hybridized carbons (Fsp3) is 0.269. The zero-order chi connectivity index (χ0) is 21.5. The summed E-state index contributed by atoms with van der Waals surface area (Å²) in [6.45, 7) is 6.63. The van der Waals surface area contributed by atoms with Gasteiger partial charge in [-0.2, -0.15) is 0 Å². The average Bonchev–Trinajstić information content (AvgIpc) is 3.21. The Morgan fingerprint density at radius 1 is 1.03 bits per heavy atom. The van der Waals surface area contributed by atoms with Crippen LogP contribution in [0.15, 0.2) is 54.6 Å². The molecule has 3 nitrogen and oxygen atoms in total. The maximum absolute atomic E-state index is 12.5. The molecule has 0 N–H and O–H groups in total. The Bertz CT molecular complexity index is 1050. The summed E-state index contributed by atoms with van der Waals surface area (Å²) in [5.41, 5.74) is 4.14. The number of thiophene rings is 1. The smallest absolute Gasteiger partial charge is 0.195 e. The molecule has 0 amide bonds. The molecule has 1 aromatic heterocycles. The first-order chi connectivity index (χ1) is 14.5. The molecule has 0 aliphatic rings. The van der Waals surface area contributed by atoms with Gasteiger partial charge in [-0.15, -0.1) is 11.3 Å². The van der Waals surface area contributed by atoms with Crippen molar-refractivity contribution in [2.24, 2.45) is 0 Å². The van der Waals surface area contributed by atoms with Crippen molar-refractivity contribution >= 4 is 23.2 Å². The molecular weight excluding hydrogens is 392 g/mol. The van der Waals surface area contributed by atoms with E-state index in [1.54, 1.807) is 24.5 Å². The third-order valence-corrected chi connectivity index (χ3v) is 6.02. The topological polar surface area (TPSA) is 35.5 Å². The second-order valence-corrected chi connectivity index (χ2v) is 8.51. The predicted octanol–water partition coefficient (Wildman–Crippen LogP) is 6.80. The van der Waals surface area contributed by atoms with Crippen LogP contribution in [-0.2, 0) is 13.0 Å². The summed E-state index contributed by atoms with van der Waals surface area (Å²) in [4.78, 5) is 14.5. The van der Waals surface area contributed by atoms with Crippen molar-refractivity contribution in [1.29, 1.82) is 0 Å². The van der Waals surface area contributed by atoms with Crippen molar-refractivity contribution in [1.82, 2.24) is 0 Å². The van der Waals surface area contributed by atoms with Crippen molar-refractivity contribution in [2.45, 2.75) is 40.2 Å². The zero-order valence-corrected chi connectivity index (χ0v) is 18.8. The molecule has 4 heteroatoms. The predicted molar refractivity (Wildman–Crippen MR) is 125 cm³/mol. The summed E-state index contributed by atoms with van der Waals surface area (Å²) in [7, 11) is 1.65. The van der Waals surface area contributed by atoms with Gasteiger partial charge in [0.2, 0.25) is 0 Å². The van der Waals surface area contributed by atoms with Crippen LogP contribution >= 0.6 is 11.3 Å². The summed E-state index contributed by atoms with van der Waals surface area (Å²) >= 11 is 1.58. The van der Waals surface area contributed by atoms with Gasteiger partial charge in [0.15, 0.2) is 5.78 Å². The molecule has 0 radical (unpaired) electrons. The molecule has 0 spiro atoms. The molecule has 0 atom stereocenters. The van der Waals surface area contributed by atoms with Crippen LogP contribution in [0.3, 0.4) is 0 Å². The largest absolute Gasteiger partial charge is 0.496 e. The van der Waals surface area contributed by atoms with Crippen LogP contribution in [0.4, 0.5) is 0 Å². The Morgan fingerprint density at radius 2 is 1.87 bits per heavy atom. The number of aryl methyl sites for hydroxylation is 3. The minimum absolute atomic E-state index is 0.0337. The Kier molecular flexibility index (Phi) is 7.47. The summed E-state index contributed by atoms with van der Waals surface area (Å²) in [5, 5.41) is 0. The summed E-state index contributed by atoms with van der Waals surface area (Å²) in [6, 6.07) is 16.0. The number of ketones is 1. The first-order valence-electron chi connectivity index (χ1n) is 10.2. The molecule has 0 unspecified atom stereocenters. The third-order valence-electron chi connectivity index (χ3n) is 4.86. The third kappa shape index (κ3) is 5.61. The first-order valence-corrected chi connectivity index (χ1v) is 11.0. The van der Waals surface area contributed by atoms with E-state index >= 15 is 0 Å². The van der Waals surface area contributed by atoms with Gasteiger partial charge in [0.05, 0.1) is 12.0 Å². The summed E-state index contributed by atoms with van der Waals surface area (Å²) < 4.78 is 11.5. The molecule has 2 aromatic carbocycles. The second kappa shape index (κ2) is 10.3. The van der Waals surface area contributed by atoms with E-state index in [9.17, 15) is 4.79 Å². The highest BCUT2D eigenvalue weighted by molar-refractivity contribution is 7.14. The summed E-state index contributed by atoms with van der Waals surface area (Å²) in [5.74, 6) is 1.67. The maximum atomic E-state index is 12.5. The van der Waals surface area contributed by atoms with Crippen molar-refractivity contribution in [3.63, 3.8) is 0 Å². The van der Waals surface area contributed by atoms with E-state index in [-0.39, 0.29) is 5.78 Å². The normalized spacial score (nSPS) is 11.1. The molecule has 0 saturated heterocycles. The van der Waals surface area contributed by atoms with Crippen molar-refractivity contribution in [2.75, 3.05) is 7.11 Å². The number of carbonyl (C=O) groups excluding carboxylic acids is 1. The SMILES string of the molecule is CCCc1ccc(C(=O)/C=C/c2ccc(OC)c(COc3cc(C)ccc3C)c2)s1. The van der Waals surface area contributed by atoms with Gasteiger partial charge < -0.3 is 9.47 Å². The monoisotopic (exact) mass is 420 g/mol. The Labute approximate surface area is 183 Å². The lowest BCUT2D eigenvalue weighted by molar-refractivity contribution is 0.105. The number of benzene rings is 2. The quantitative estimate of drug-likeness (QED) is 0.282. The van der Waals surface area contributed by atoms with Crippen LogP contribution in [-0.4, -0.2) is 12.9 Å². The lowest BCUT2D eigenvalue weighted by Gasteiger charge is -2.13. The van der Waals surface area contributed by atoms with Crippen LogP contribution in [0.5, 0.6) is 11.5 Å². The lowest BCUT2D eigenvalue weighted by atomic mass is 10.1. The van der Waals surface area contributed by atoms with E-state index in [0.29, 0.717) is 6.61 Å². The van der Waals surface area contributed by atoms with Crippen molar-refractivity contribution in [3.05, 3.63) is 86.6 Å². The lowest BCUT2D eigenvalue weighted by Crippen LogP contribution is -2.00. The molecule has 3 aromatic rings. The number of hydrogen-bond acceptors (Lipinski definition) is 4. The molecule has 1 heterocycles. The van der Waals surface area contributed by atoms with Crippen molar-refractivity contribution in [3.8, 4) is 11.5 Å². The Morgan fingerprint density at radius 3 is 2.63 bits per heavy atom. The van der Waals surface area contributed by atoms with E-state index < -0.39 is 0 Å². The highest BCUT2D eigenvalue weighted by Crippen LogP contribution is 2.25.